The van der Waals surface area contributed by atoms with Crippen LogP contribution in [0.5, 0.6) is 11.5 Å². The molecule has 0 saturated carbocycles. The highest BCUT2D eigenvalue weighted by Crippen LogP contribution is 2.35. The zero-order valence-corrected chi connectivity index (χ0v) is 32.2. The highest BCUT2D eigenvalue weighted by molar-refractivity contribution is 7.20. The SMILES string of the molecule is c1ccc(-c2nc(-n3c4ccccc4c4ccccc43)nc(-n3c4ccccc4c4ccc([Si]5(c6ccccc6)c6ccccc6Oc6ccccc65)cc43)n2)cc1. The van der Waals surface area contributed by atoms with Gasteiger partial charge >= 0.3 is 0 Å². The minimum Gasteiger partial charge on any atom is -0.458 e. The van der Waals surface area contributed by atoms with E-state index in [1.54, 1.807) is 0 Å². The van der Waals surface area contributed by atoms with Crippen molar-refractivity contribution < 1.29 is 4.74 Å². The number of para-hydroxylation sites is 5. The molecule has 11 aromatic rings. The summed E-state index contributed by atoms with van der Waals surface area (Å²) in [7, 11) is -2.94. The predicted molar refractivity (Wildman–Crippen MR) is 238 cm³/mol. The van der Waals surface area contributed by atoms with Gasteiger partial charge in [-0.05, 0) is 57.1 Å². The van der Waals surface area contributed by atoms with Crippen molar-refractivity contribution in [3.8, 4) is 34.8 Å². The highest BCUT2D eigenvalue weighted by atomic mass is 28.3. The Labute approximate surface area is 334 Å². The number of aromatic nitrogens is 5. The average molecular weight is 760 g/mol. The van der Waals surface area contributed by atoms with Crippen LogP contribution in [0.3, 0.4) is 0 Å². The van der Waals surface area contributed by atoms with Crippen LogP contribution < -0.4 is 25.5 Å². The monoisotopic (exact) mass is 759 g/mol. The summed E-state index contributed by atoms with van der Waals surface area (Å²) < 4.78 is 11.1. The number of fused-ring (bicyclic) bond motifs is 8. The summed E-state index contributed by atoms with van der Waals surface area (Å²) in [5, 5.41) is 9.55. The molecular formula is C51H33N5OSi. The molecule has 3 aromatic heterocycles. The van der Waals surface area contributed by atoms with Gasteiger partial charge in [0.25, 0.3) is 0 Å². The van der Waals surface area contributed by atoms with Gasteiger partial charge in [0.05, 0.1) is 22.1 Å². The maximum atomic E-state index is 6.67. The zero-order chi connectivity index (χ0) is 38.2. The van der Waals surface area contributed by atoms with Crippen LogP contribution in [-0.4, -0.2) is 32.2 Å². The molecule has 0 saturated heterocycles. The Bertz CT molecular complexity index is 3290. The first-order chi connectivity index (χ1) is 28.8. The van der Waals surface area contributed by atoms with Crippen molar-refractivity contribution in [2.45, 2.75) is 0 Å². The molecule has 272 valence electrons. The van der Waals surface area contributed by atoms with Crippen molar-refractivity contribution in [1.82, 2.24) is 24.1 Å². The smallest absolute Gasteiger partial charge is 0.240 e. The van der Waals surface area contributed by atoms with Gasteiger partial charge in [-0.25, -0.2) is 0 Å². The van der Waals surface area contributed by atoms with Crippen LogP contribution in [0.15, 0.2) is 200 Å². The molecule has 7 heteroatoms. The Morgan fingerprint density at radius 3 is 1.38 bits per heavy atom. The second-order valence-corrected chi connectivity index (χ2v) is 18.5. The fraction of sp³-hybridized carbons (Fsp3) is 0. The zero-order valence-electron chi connectivity index (χ0n) is 31.2. The lowest BCUT2D eigenvalue weighted by atomic mass is 10.1. The van der Waals surface area contributed by atoms with E-state index in [4.69, 9.17) is 19.7 Å². The first-order valence-corrected chi connectivity index (χ1v) is 21.5. The topological polar surface area (TPSA) is 57.8 Å². The molecule has 4 heterocycles. The molecule has 8 aromatic carbocycles. The molecule has 0 N–H and O–H groups in total. The number of nitrogens with zero attached hydrogens (tertiary/aromatic N) is 5. The maximum Gasteiger partial charge on any atom is 0.240 e. The first-order valence-electron chi connectivity index (χ1n) is 19.5. The van der Waals surface area contributed by atoms with Crippen molar-refractivity contribution in [2.24, 2.45) is 0 Å². The van der Waals surface area contributed by atoms with E-state index in [9.17, 15) is 0 Å². The fourth-order valence-corrected chi connectivity index (χ4v) is 14.2. The molecule has 1 aliphatic rings. The van der Waals surface area contributed by atoms with Gasteiger partial charge in [-0.3, -0.25) is 9.13 Å². The number of rotatable bonds is 5. The average Bonchev–Trinajstić information content (AvgIpc) is 3.81. The Hall–Kier alpha value is -7.61. The second-order valence-electron chi connectivity index (χ2n) is 14.8. The molecule has 0 spiro atoms. The predicted octanol–water partition coefficient (Wildman–Crippen LogP) is 9.22. The summed E-state index contributed by atoms with van der Waals surface area (Å²) in [6, 6.07) is 71.0. The Morgan fingerprint density at radius 2 is 0.810 bits per heavy atom. The van der Waals surface area contributed by atoms with Crippen molar-refractivity contribution in [3.63, 3.8) is 0 Å². The third kappa shape index (κ3) is 4.68. The normalized spacial score (nSPS) is 13.1. The van der Waals surface area contributed by atoms with Gasteiger partial charge in [0.2, 0.25) is 11.9 Å². The van der Waals surface area contributed by atoms with E-state index in [0.717, 1.165) is 60.7 Å². The van der Waals surface area contributed by atoms with Crippen LogP contribution in [0.1, 0.15) is 0 Å². The van der Waals surface area contributed by atoms with E-state index in [1.807, 2.05) is 18.2 Å². The molecule has 0 radical (unpaired) electrons. The highest BCUT2D eigenvalue weighted by Gasteiger charge is 2.48. The third-order valence-corrected chi connectivity index (χ3v) is 16.6. The molecule has 58 heavy (non-hydrogen) atoms. The standard InChI is InChI=1S/C51H33N5OSi/c1-3-17-34(18-4-1)49-52-50(55-41-24-10-7-21-37(41)38-22-8-11-25-42(38)55)54-51(53-49)56-43-26-12-9-23-39(43)40-32-31-36(33-44(40)56)58(35-19-5-2-6-20-35)47-29-15-13-27-45(47)57-46-28-14-16-30-48(46)58/h1-33H. The summed E-state index contributed by atoms with van der Waals surface area (Å²) >= 11 is 0. The van der Waals surface area contributed by atoms with Crippen molar-refractivity contribution >= 4 is 72.4 Å². The van der Waals surface area contributed by atoms with Gasteiger partial charge in [0.1, 0.15) is 11.5 Å². The maximum absolute atomic E-state index is 6.67. The van der Waals surface area contributed by atoms with Crippen molar-refractivity contribution in [3.05, 3.63) is 200 Å². The molecule has 0 bridgehead atoms. The fourth-order valence-electron chi connectivity index (χ4n) is 9.30. The van der Waals surface area contributed by atoms with E-state index >= 15 is 0 Å². The summed E-state index contributed by atoms with van der Waals surface area (Å²) in [6.07, 6.45) is 0. The molecule has 0 fully saturated rings. The van der Waals surface area contributed by atoms with Crippen LogP contribution in [-0.2, 0) is 0 Å². The van der Waals surface area contributed by atoms with Crippen LogP contribution in [0.4, 0.5) is 0 Å². The Balaban J connectivity index is 1.19. The lowest BCUT2D eigenvalue weighted by Crippen LogP contribution is -2.76. The van der Waals surface area contributed by atoms with Crippen molar-refractivity contribution in [2.75, 3.05) is 0 Å². The van der Waals surface area contributed by atoms with E-state index in [-0.39, 0.29) is 0 Å². The van der Waals surface area contributed by atoms with E-state index in [1.165, 1.54) is 20.7 Å². The number of benzene rings is 8. The molecule has 6 nitrogen and oxygen atoms in total. The summed E-state index contributed by atoms with van der Waals surface area (Å²) in [5.41, 5.74) is 5.05. The van der Waals surface area contributed by atoms with Crippen molar-refractivity contribution in [1.29, 1.82) is 0 Å². The van der Waals surface area contributed by atoms with E-state index < -0.39 is 8.07 Å². The second kappa shape index (κ2) is 12.7. The molecule has 0 aliphatic carbocycles. The van der Waals surface area contributed by atoms with Gasteiger partial charge < -0.3 is 4.74 Å². The lowest BCUT2D eigenvalue weighted by Gasteiger charge is -2.39. The number of hydrogen-bond acceptors (Lipinski definition) is 4. The van der Waals surface area contributed by atoms with Crippen LogP contribution in [0.2, 0.25) is 0 Å². The van der Waals surface area contributed by atoms with E-state index in [0.29, 0.717) is 17.7 Å². The van der Waals surface area contributed by atoms with Gasteiger partial charge in [-0.15, -0.1) is 0 Å². The van der Waals surface area contributed by atoms with Gasteiger partial charge in [-0.1, -0.05) is 164 Å². The number of ether oxygens (including phenoxy) is 1. The lowest BCUT2D eigenvalue weighted by molar-refractivity contribution is 0.487. The Kier molecular flexibility index (Phi) is 7.15. The molecular weight excluding hydrogens is 727 g/mol. The number of hydrogen-bond donors (Lipinski definition) is 0. The molecule has 0 amide bonds. The van der Waals surface area contributed by atoms with Gasteiger partial charge in [-0.2, -0.15) is 15.0 Å². The Morgan fingerprint density at radius 1 is 0.362 bits per heavy atom. The molecule has 0 atom stereocenters. The largest absolute Gasteiger partial charge is 0.458 e. The summed E-state index contributed by atoms with van der Waals surface area (Å²) in [6.45, 7) is 0. The molecule has 12 rings (SSSR count). The van der Waals surface area contributed by atoms with E-state index in [2.05, 4.69) is 191 Å². The van der Waals surface area contributed by atoms with Gasteiger partial charge in [0.15, 0.2) is 13.9 Å². The summed E-state index contributed by atoms with van der Waals surface area (Å²) in [5.74, 6) is 3.52. The third-order valence-electron chi connectivity index (χ3n) is 11.7. The summed E-state index contributed by atoms with van der Waals surface area (Å²) in [4.78, 5) is 16.0. The first kappa shape index (κ1) is 32.6. The van der Waals surface area contributed by atoms with Crippen LogP contribution in [0, 0.1) is 0 Å². The van der Waals surface area contributed by atoms with Crippen LogP contribution >= 0.6 is 0 Å². The van der Waals surface area contributed by atoms with Crippen LogP contribution in [0.25, 0.3) is 66.9 Å². The minimum absolute atomic E-state index is 0.553. The quantitative estimate of drug-likeness (QED) is 0.164. The van der Waals surface area contributed by atoms with Gasteiger partial charge in [0, 0.05) is 27.1 Å². The molecule has 0 unspecified atom stereocenters. The minimum atomic E-state index is -2.94. The molecule has 1 aliphatic heterocycles.